The Morgan fingerprint density at radius 3 is 2.53 bits per heavy atom. The number of rotatable bonds is 3. The SMILES string of the molecule is CN(CC1CC2CCCCC2N1)CC(C)(C)C. The van der Waals surface area contributed by atoms with Crippen LogP contribution in [-0.4, -0.2) is 37.1 Å². The van der Waals surface area contributed by atoms with Gasteiger partial charge in [0.25, 0.3) is 0 Å². The summed E-state index contributed by atoms with van der Waals surface area (Å²) in [5, 5.41) is 3.87. The van der Waals surface area contributed by atoms with E-state index in [0.29, 0.717) is 5.41 Å². The van der Waals surface area contributed by atoms with Crippen molar-refractivity contribution in [3.8, 4) is 0 Å². The van der Waals surface area contributed by atoms with Gasteiger partial charge in [0.1, 0.15) is 0 Å². The molecule has 0 bridgehead atoms. The Balaban J connectivity index is 1.77. The first kappa shape index (κ1) is 13.4. The molecule has 2 heteroatoms. The van der Waals surface area contributed by atoms with E-state index < -0.39 is 0 Å². The molecule has 2 rings (SSSR count). The molecule has 0 amide bonds. The van der Waals surface area contributed by atoms with Crippen LogP contribution in [0.4, 0.5) is 0 Å². The monoisotopic (exact) mass is 238 g/mol. The molecule has 1 saturated carbocycles. The molecule has 2 nitrogen and oxygen atoms in total. The molecule has 2 fully saturated rings. The zero-order chi connectivity index (χ0) is 12.5. The molecule has 3 atom stereocenters. The normalized spacial score (nSPS) is 34.1. The lowest BCUT2D eigenvalue weighted by atomic mass is 9.85. The zero-order valence-corrected chi connectivity index (χ0v) is 12.1. The lowest BCUT2D eigenvalue weighted by Gasteiger charge is -2.28. The van der Waals surface area contributed by atoms with E-state index in [1.54, 1.807) is 0 Å². The standard InChI is InChI=1S/C15H30N2/c1-15(2,3)11-17(4)10-13-9-12-7-5-6-8-14(12)16-13/h12-14,16H,5-11H2,1-4H3. The van der Waals surface area contributed by atoms with Crippen LogP contribution < -0.4 is 5.32 Å². The number of likely N-dealkylation sites (N-methyl/N-ethyl adjacent to an activating group) is 1. The molecule has 0 spiro atoms. The molecule has 0 aromatic carbocycles. The Morgan fingerprint density at radius 1 is 1.18 bits per heavy atom. The summed E-state index contributed by atoms with van der Waals surface area (Å²) < 4.78 is 0. The second kappa shape index (κ2) is 5.27. The molecule has 1 N–H and O–H groups in total. The molecule has 17 heavy (non-hydrogen) atoms. The Morgan fingerprint density at radius 2 is 1.88 bits per heavy atom. The van der Waals surface area contributed by atoms with Gasteiger partial charge in [0.2, 0.25) is 0 Å². The number of hydrogen-bond acceptors (Lipinski definition) is 2. The Bertz CT molecular complexity index is 230. The van der Waals surface area contributed by atoms with Crippen molar-refractivity contribution in [1.29, 1.82) is 0 Å². The maximum atomic E-state index is 3.87. The van der Waals surface area contributed by atoms with Crippen molar-refractivity contribution in [2.24, 2.45) is 11.3 Å². The molecule has 1 aliphatic carbocycles. The molecule has 100 valence electrons. The van der Waals surface area contributed by atoms with Crippen LogP contribution in [0.3, 0.4) is 0 Å². The molecule has 2 aliphatic rings. The number of nitrogens with zero attached hydrogens (tertiary/aromatic N) is 1. The maximum Gasteiger partial charge on any atom is 0.0200 e. The van der Waals surface area contributed by atoms with Crippen LogP contribution in [0.25, 0.3) is 0 Å². The second-order valence-electron chi connectivity index (χ2n) is 7.51. The van der Waals surface area contributed by atoms with Gasteiger partial charge in [-0.2, -0.15) is 0 Å². The van der Waals surface area contributed by atoms with Gasteiger partial charge in [-0.15, -0.1) is 0 Å². The van der Waals surface area contributed by atoms with Crippen molar-refractivity contribution in [3.05, 3.63) is 0 Å². The first-order chi connectivity index (χ1) is 7.94. The molecule has 1 heterocycles. The molecular weight excluding hydrogens is 208 g/mol. The highest BCUT2D eigenvalue weighted by Crippen LogP contribution is 2.33. The minimum Gasteiger partial charge on any atom is -0.310 e. The summed E-state index contributed by atoms with van der Waals surface area (Å²) in [6.45, 7) is 9.40. The zero-order valence-electron chi connectivity index (χ0n) is 12.1. The minimum absolute atomic E-state index is 0.417. The van der Waals surface area contributed by atoms with Crippen molar-refractivity contribution < 1.29 is 0 Å². The summed E-state index contributed by atoms with van der Waals surface area (Å²) in [6, 6.07) is 1.59. The maximum absolute atomic E-state index is 3.87. The highest BCUT2D eigenvalue weighted by atomic mass is 15.1. The quantitative estimate of drug-likeness (QED) is 0.813. The first-order valence-electron chi connectivity index (χ1n) is 7.39. The van der Waals surface area contributed by atoms with Gasteiger partial charge in [-0.1, -0.05) is 33.6 Å². The van der Waals surface area contributed by atoms with Gasteiger partial charge in [0.15, 0.2) is 0 Å². The number of nitrogens with one attached hydrogen (secondary N) is 1. The Kier molecular flexibility index (Phi) is 4.14. The third-order valence-corrected chi connectivity index (χ3v) is 4.22. The van der Waals surface area contributed by atoms with Gasteiger partial charge in [-0.05, 0) is 37.6 Å². The predicted molar refractivity (Wildman–Crippen MR) is 74.2 cm³/mol. The third kappa shape index (κ3) is 3.96. The van der Waals surface area contributed by atoms with Gasteiger partial charge >= 0.3 is 0 Å². The summed E-state index contributed by atoms with van der Waals surface area (Å²) in [6.07, 6.45) is 7.21. The average molecular weight is 238 g/mol. The molecule has 3 unspecified atom stereocenters. The lowest BCUT2D eigenvalue weighted by Crippen LogP contribution is -2.41. The molecule has 0 aromatic rings. The van der Waals surface area contributed by atoms with E-state index in [1.165, 1.54) is 45.2 Å². The molecule has 1 saturated heterocycles. The van der Waals surface area contributed by atoms with Crippen molar-refractivity contribution >= 4 is 0 Å². The van der Waals surface area contributed by atoms with Crippen molar-refractivity contribution in [3.63, 3.8) is 0 Å². The number of fused-ring (bicyclic) bond motifs is 1. The molecular formula is C15H30N2. The topological polar surface area (TPSA) is 15.3 Å². The average Bonchev–Trinajstić information content (AvgIpc) is 2.55. The second-order valence-corrected chi connectivity index (χ2v) is 7.51. The van der Waals surface area contributed by atoms with E-state index in [9.17, 15) is 0 Å². The summed E-state index contributed by atoms with van der Waals surface area (Å²) >= 11 is 0. The largest absolute Gasteiger partial charge is 0.310 e. The van der Waals surface area contributed by atoms with Crippen LogP contribution in [-0.2, 0) is 0 Å². The van der Waals surface area contributed by atoms with Crippen LogP contribution in [0.15, 0.2) is 0 Å². The van der Waals surface area contributed by atoms with Crippen LogP contribution >= 0.6 is 0 Å². The van der Waals surface area contributed by atoms with Gasteiger partial charge in [0, 0.05) is 25.2 Å². The van der Waals surface area contributed by atoms with E-state index in [4.69, 9.17) is 0 Å². The highest BCUT2D eigenvalue weighted by molar-refractivity contribution is 4.93. The van der Waals surface area contributed by atoms with Crippen LogP contribution in [0, 0.1) is 11.3 Å². The predicted octanol–water partition coefficient (Wildman–Crippen LogP) is 2.89. The number of hydrogen-bond donors (Lipinski definition) is 1. The third-order valence-electron chi connectivity index (χ3n) is 4.22. The van der Waals surface area contributed by atoms with Gasteiger partial charge in [-0.25, -0.2) is 0 Å². The Labute approximate surface area is 107 Å². The van der Waals surface area contributed by atoms with Crippen molar-refractivity contribution in [2.45, 2.75) is 65.0 Å². The smallest absolute Gasteiger partial charge is 0.0200 e. The van der Waals surface area contributed by atoms with Crippen molar-refractivity contribution in [2.75, 3.05) is 20.1 Å². The fourth-order valence-corrected chi connectivity index (χ4v) is 3.82. The van der Waals surface area contributed by atoms with E-state index in [0.717, 1.165) is 18.0 Å². The van der Waals surface area contributed by atoms with Gasteiger partial charge in [-0.3, -0.25) is 0 Å². The van der Waals surface area contributed by atoms with Gasteiger partial charge < -0.3 is 10.2 Å². The minimum atomic E-state index is 0.417. The van der Waals surface area contributed by atoms with Gasteiger partial charge in [0.05, 0.1) is 0 Å². The summed E-state index contributed by atoms with van der Waals surface area (Å²) in [7, 11) is 2.27. The Hall–Kier alpha value is -0.0800. The fraction of sp³-hybridized carbons (Fsp3) is 1.00. The summed E-state index contributed by atoms with van der Waals surface area (Å²) in [5.41, 5.74) is 0.417. The van der Waals surface area contributed by atoms with Crippen LogP contribution in [0.2, 0.25) is 0 Å². The van der Waals surface area contributed by atoms with E-state index in [-0.39, 0.29) is 0 Å². The molecule has 0 aromatic heterocycles. The lowest BCUT2D eigenvalue weighted by molar-refractivity contribution is 0.210. The summed E-state index contributed by atoms with van der Waals surface area (Å²) in [4.78, 5) is 2.51. The van der Waals surface area contributed by atoms with Crippen LogP contribution in [0.5, 0.6) is 0 Å². The first-order valence-corrected chi connectivity index (χ1v) is 7.39. The fourth-order valence-electron chi connectivity index (χ4n) is 3.82. The van der Waals surface area contributed by atoms with E-state index in [1.807, 2.05) is 0 Å². The van der Waals surface area contributed by atoms with Crippen LogP contribution in [0.1, 0.15) is 52.9 Å². The highest BCUT2D eigenvalue weighted by Gasteiger charge is 2.35. The van der Waals surface area contributed by atoms with Crippen molar-refractivity contribution in [1.82, 2.24) is 10.2 Å². The molecule has 1 aliphatic heterocycles. The van der Waals surface area contributed by atoms with E-state index >= 15 is 0 Å². The summed E-state index contributed by atoms with van der Waals surface area (Å²) in [5.74, 6) is 0.983. The molecule has 0 radical (unpaired) electrons. The van der Waals surface area contributed by atoms with E-state index in [2.05, 4.69) is 38.0 Å².